The van der Waals surface area contributed by atoms with E-state index in [0.717, 1.165) is 24.2 Å². The van der Waals surface area contributed by atoms with Crippen molar-refractivity contribution in [3.05, 3.63) is 0 Å². The number of nitrogens with one attached hydrogen (secondary N) is 2. The predicted octanol–water partition coefficient (Wildman–Crippen LogP) is -0.316. The zero-order valence-corrected chi connectivity index (χ0v) is 11.1. The molecule has 110 valence electrons. The molecule has 1 saturated heterocycles. The third kappa shape index (κ3) is 2.45. The highest BCUT2D eigenvalue weighted by Gasteiger charge is 2.53. The van der Waals surface area contributed by atoms with Gasteiger partial charge in [0.25, 0.3) is 0 Å². The maximum Gasteiger partial charge on any atom is 0.330 e. The highest BCUT2D eigenvalue weighted by atomic mass is 16.2. The van der Waals surface area contributed by atoms with Crippen molar-refractivity contribution in [2.75, 3.05) is 13.1 Å². The Hall–Kier alpha value is -2.12. The van der Waals surface area contributed by atoms with E-state index >= 15 is 0 Å². The number of carbonyl (C=O) groups is 4. The van der Waals surface area contributed by atoms with E-state index in [9.17, 15) is 19.2 Å². The number of carbonyl (C=O) groups excluding carboxylic acids is 4. The normalized spacial score (nSPS) is 21.8. The summed E-state index contributed by atoms with van der Waals surface area (Å²) in [4.78, 5) is 47.9. The van der Waals surface area contributed by atoms with Crippen molar-refractivity contribution in [2.24, 2.45) is 11.1 Å². The molecule has 0 aromatic carbocycles. The summed E-state index contributed by atoms with van der Waals surface area (Å²) in [7, 11) is 0. The van der Waals surface area contributed by atoms with Gasteiger partial charge in [-0.3, -0.25) is 19.8 Å². The second-order valence-electron chi connectivity index (χ2n) is 5.15. The Balaban J connectivity index is 2.11. The summed E-state index contributed by atoms with van der Waals surface area (Å²) < 4.78 is 0. The summed E-state index contributed by atoms with van der Waals surface area (Å²) in [6, 6.07) is -1.46. The van der Waals surface area contributed by atoms with Gasteiger partial charge in [-0.05, 0) is 12.8 Å². The predicted molar refractivity (Wildman–Crippen MR) is 68.4 cm³/mol. The van der Waals surface area contributed by atoms with Gasteiger partial charge in [0.05, 0.1) is 0 Å². The summed E-state index contributed by atoms with van der Waals surface area (Å²) in [5.74, 6) is -0.955. The van der Waals surface area contributed by atoms with Crippen LogP contribution in [-0.4, -0.2) is 41.9 Å². The lowest BCUT2D eigenvalue weighted by Crippen LogP contribution is -2.65. The van der Waals surface area contributed by atoms with Crippen molar-refractivity contribution in [1.29, 1.82) is 0 Å². The first-order valence-corrected chi connectivity index (χ1v) is 6.68. The molecule has 1 aliphatic carbocycles. The maximum absolute atomic E-state index is 12.5. The Morgan fingerprint density at radius 2 is 1.90 bits per heavy atom. The van der Waals surface area contributed by atoms with Gasteiger partial charge in [-0.1, -0.05) is 19.3 Å². The Kier molecular flexibility index (Phi) is 3.91. The number of amides is 6. The third-order valence-corrected chi connectivity index (χ3v) is 3.90. The van der Waals surface area contributed by atoms with E-state index in [0.29, 0.717) is 12.8 Å². The van der Waals surface area contributed by atoms with Crippen LogP contribution in [0.3, 0.4) is 0 Å². The van der Waals surface area contributed by atoms with Crippen LogP contribution in [0.5, 0.6) is 0 Å². The molecular formula is C12H18N4O4. The fourth-order valence-electron chi connectivity index (χ4n) is 2.82. The fourth-order valence-corrected chi connectivity index (χ4v) is 2.82. The van der Waals surface area contributed by atoms with Crippen LogP contribution in [-0.2, 0) is 9.59 Å². The van der Waals surface area contributed by atoms with E-state index in [1.165, 1.54) is 0 Å². The van der Waals surface area contributed by atoms with Crippen LogP contribution < -0.4 is 16.4 Å². The van der Waals surface area contributed by atoms with Crippen LogP contribution in [0, 0.1) is 5.41 Å². The van der Waals surface area contributed by atoms with Gasteiger partial charge in [0.1, 0.15) is 5.41 Å². The Labute approximate surface area is 116 Å². The van der Waals surface area contributed by atoms with Gasteiger partial charge in [-0.25, -0.2) is 9.59 Å². The molecule has 2 aliphatic rings. The number of urea groups is 2. The first-order valence-electron chi connectivity index (χ1n) is 6.68. The van der Waals surface area contributed by atoms with E-state index in [4.69, 9.17) is 5.73 Å². The number of nitrogens with zero attached hydrogens (tertiary/aromatic N) is 1. The first kappa shape index (κ1) is 14.3. The first-order chi connectivity index (χ1) is 9.47. The lowest BCUT2D eigenvalue weighted by Gasteiger charge is -2.41. The average Bonchev–Trinajstić information content (AvgIpc) is 2.41. The van der Waals surface area contributed by atoms with E-state index < -0.39 is 29.3 Å². The van der Waals surface area contributed by atoms with Gasteiger partial charge in [-0.2, -0.15) is 0 Å². The second kappa shape index (κ2) is 5.48. The molecule has 0 radical (unpaired) electrons. The standard InChI is InChI=1S/C12H18N4O4/c13-10(19)14-6-7-16-9(18)12(4-2-1-3-5-12)8(17)15-11(16)20/h1-7H2,(H3,13,14,19)(H,15,17,20). The van der Waals surface area contributed by atoms with E-state index in [2.05, 4.69) is 10.6 Å². The second-order valence-corrected chi connectivity index (χ2v) is 5.15. The minimum Gasteiger partial charge on any atom is -0.352 e. The van der Waals surface area contributed by atoms with Gasteiger partial charge in [0, 0.05) is 13.1 Å². The van der Waals surface area contributed by atoms with Gasteiger partial charge in [0.2, 0.25) is 11.8 Å². The molecule has 1 spiro atoms. The molecule has 1 aliphatic heterocycles. The summed E-state index contributed by atoms with van der Waals surface area (Å²) in [5.41, 5.74) is 3.82. The van der Waals surface area contributed by atoms with Crippen LogP contribution in [0.2, 0.25) is 0 Å². The van der Waals surface area contributed by atoms with Crippen molar-refractivity contribution in [3.8, 4) is 0 Å². The number of primary amides is 1. The van der Waals surface area contributed by atoms with E-state index in [1.54, 1.807) is 0 Å². The molecule has 4 N–H and O–H groups in total. The molecule has 1 heterocycles. The summed E-state index contributed by atoms with van der Waals surface area (Å²) in [6.45, 7) is 0.0708. The molecule has 8 heteroatoms. The van der Waals surface area contributed by atoms with Crippen molar-refractivity contribution < 1.29 is 19.2 Å². The van der Waals surface area contributed by atoms with Gasteiger partial charge < -0.3 is 11.1 Å². The molecule has 0 aromatic heterocycles. The number of rotatable bonds is 3. The maximum atomic E-state index is 12.5. The minimum atomic E-state index is -1.11. The number of barbiturate groups is 1. The van der Waals surface area contributed by atoms with Crippen molar-refractivity contribution in [3.63, 3.8) is 0 Å². The number of imide groups is 2. The zero-order valence-electron chi connectivity index (χ0n) is 11.1. The van der Waals surface area contributed by atoms with E-state index in [1.807, 2.05) is 0 Å². The Bertz CT molecular complexity index is 456. The molecule has 0 aromatic rings. The average molecular weight is 282 g/mol. The topological polar surface area (TPSA) is 122 Å². The van der Waals surface area contributed by atoms with Crippen molar-refractivity contribution in [1.82, 2.24) is 15.5 Å². The molecular weight excluding hydrogens is 264 g/mol. The lowest BCUT2D eigenvalue weighted by atomic mass is 9.71. The third-order valence-electron chi connectivity index (χ3n) is 3.90. The highest BCUT2D eigenvalue weighted by molar-refractivity contribution is 6.19. The summed E-state index contributed by atoms with van der Waals surface area (Å²) >= 11 is 0. The van der Waals surface area contributed by atoms with Crippen LogP contribution in [0.25, 0.3) is 0 Å². The lowest BCUT2D eigenvalue weighted by molar-refractivity contribution is -0.153. The van der Waals surface area contributed by atoms with Gasteiger partial charge in [-0.15, -0.1) is 0 Å². The Morgan fingerprint density at radius 1 is 1.25 bits per heavy atom. The van der Waals surface area contributed by atoms with Crippen LogP contribution in [0.15, 0.2) is 0 Å². The molecule has 1 saturated carbocycles. The zero-order chi connectivity index (χ0) is 14.8. The Morgan fingerprint density at radius 3 is 2.50 bits per heavy atom. The molecule has 0 atom stereocenters. The fraction of sp³-hybridized carbons (Fsp3) is 0.667. The van der Waals surface area contributed by atoms with Gasteiger partial charge >= 0.3 is 12.1 Å². The molecule has 2 rings (SSSR count). The quantitative estimate of drug-likeness (QED) is 0.614. The molecule has 0 bridgehead atoms. The molecule has 0 unspecified atom stereocenters. The minimum absolute atomic E-state index is 0.00262. The van der Waals surface area contributed by atoms with Crippen LogP contribution >= 0.6 is 0 Å². The van der Waals surface area contributed by atoms with Crippen molar-refractivity contribution >= 4 is 23.9 Å². The number of hydrogen-bond acceptors (Lipinski definition) is 4. The van der Waals surface area contributed by atoms with Crippen molar-refractivity contribution in [2.45, 2.75) is 32.1 Å². The molecule has 6 amide bonds. The molecule has 2 fully saturated rings. The smallest absolute Gasteiger partial charge is 0.330 e. The number of nitrogens with two attached hydrogens (primary N) is 1. The van der Waals surface area contributed by atoms with Crippen LogP contribution in [0.1, 0.15) is 32.1 Å². The largest absolute Gasteiger partial charge is 0.352 e. The molecule has 8 nitrogen and oxygen atoms in total. The van der Waals surface area contributed by atoms with E-state index in [-0.39, 0.29) is 13.1 Å². The SMILES string of the molecule is NC(=O)NCCN1C(=O)NC(=O)C2(CCCCC2)C1=O. The van der Waals surface area contributed by atoms with Gasteiger partial charge in [0.15, 0.2) is 0 Å². The highest BCUT2D eigenvalue weighted by Crippen LogP contribution is 2.39. The number of hydrogen-bond donors (Lipinski definition) is 3. The summed E-state index contributed by atoms with van der Waals surface area (Å²) in [6.07, 6.45) is 3.50. The summed E-state index contributed by atoms with van der Waals surface area (Å²) in [5, 5.41) is 4.56. The molecule has 20 heavy (non-hydrogen) atoms. The van der Waals surface area contributed by atoms with Crippen LogP contribution in [0.4, 0.5) is 9.59 Å². The monoisotopic (exact) mass is 282 g/mol.